The molecule has 3 N–H and O–H groups in total. The van der Waals surface area contributed by atoms with Crippen molar-refractivity contribution in [2.45, 2.75) is 373 Å². The molecule has 6 nitrogen and oxygen atoms in total. The molecule has 426 valence electrons. The van der Waals surface area contributed by atoms with Crippen LogP contribution in [-0.4, -0.2) is 47.4 Å². The summed E-state index contributed by atoms with van der Waals surface area (Å²) < 4.78 is 5.47. The molecule has 6 heteroatoms. The van der Waals surface area contributed by atoms with Crippen LogP contribution >= 0.6 is 0 Å². The highest BCUT2D eigenvalue weighted by molar-refractivity contribution is 5.76. The predicted octanol–water partition coefficient (Wildman–Crippen LogP) is 20.6. The van der Waals surface area contributed by atoms with Crippen LogP contribution in [0.2, 0.25) is 0 Å². The van der Waals surface area contributed by atoms with Crippen LogP contribution in [0.25, 0.3) is 0 Å². The summed E-state index contributed by atoms with van der Waals surface area (Å²) in [4.78, 5) is 24.5. The average molecular weight is 1010 g/mol. The van der Waals surface area contributed by atoms with Gasteiger partial charge in [0.25, 0.3) is 0 Å². The Morgan fingerprint density at radius 1 is 0.375 bits per heavy atom. The molecule has 0 rings (SSSR count). The Kier molecular flexibility index (Phi) is 60.5. The van der Waals surface area contributed by atoms with E-state index in [1.807, 2.05) is 6.08 Å². The number of aliphatic hydroxyl groups excluding tert-OH is 2. The minimum atomic E-state index is -0.852. The van der Waals surface area contributed by atoms with Crippen molar-refractivity contribution in [3.63, 3.8) is 0 Å². The zero-order chi connectivity index (χ0) is 52.2. The lowest BCUT2D eigenvalue weighted by molar-refractivity contribution is -0.143. The predicted molar refractivity (Wildman–Crippen MR) is 315 cm³/mol. The first kappa shape index (κ1) is 70.3. The number of allylic oxidation sites excluding steroid dienone is 3. The summed E-state index contributed by atoms with van der Waals surface area (Å²) in [6, 6.07) is -0.636. The van der Waals surface area contributed by atoms with Gasteiger partial charge in [0.05, 0.1) is 25.4 Å². The first-order chi connectivity index (χ1) is 35.5. The zero-order valence-corrected chi connectivity index (χ0v) is 48.7. The molecule has 0 saturated carbocycles. The second-order valence-corrected chi connectivity index (χ2v) is 22.5. The molecule has 0 saturated heterocycles. The SMILES string of the molecule is CCCCCCCCCCCCCCCCCCCCCCCC/C=C/C(O)C(CO)NC(=O)CCCCCCCCC/C=C\CCCCCCCCCCOC(=O)CCCCCCCCCCCCCC. The number of rotatable bonds is 61. The van der Waals surface area contributed by atoms with Gasteiger partial charge in [-0.1, -0.05) is 314 Å². The van der Waals surface area contributed by atoms with E-state index in [1.165, 1.54) is 283 Å². The van der Waals surface area contributed by atoms with Gasteiger partial charge in [-0.15, -0.1) is 0 Å². The molecular weight excluding hydrogens is 887 g/mol. The maximum Gasteiger partial charge on any atom is 0.305 e. The fraction of sp³-hybridized carbons (Fsp3) is 0.909. The minimum Gasteiger partial charge on any atom is -0.466 e. The first-order valence-electron chi connectivity index (χ1n) is 32.6. The smallest absolute Gasteiger partial charge is 0.305 e. The van der Waals surface area contributed by atoms with Gasteiger partial charge in [0.2, 0.25) is 5.91 Å². The van der Waals surface area contributed by atoms with Crippen LogP contribution in [0.15, 0.2) is 24.3 Å². The lowest BCUT2D eigenvalue weighted by Gasteiger charge is -2.20. The summed E-state index contributed by atoms with van der Waals surface area (Å²) in [5.74, 6) is -0.0693. The van der Waals surface area contributed by atoms with Crippen molar-refractivity contribution in [3.05, 3.63) is 24.3 Å². The largest absolute Gasteiger partial charge is 0.466 e. The molecule has 0 aromatic heterocycles. The number of aliphatic hydroxyl groups is 2. The van der Waals surface area contributed by atoms with Gasteiger partial charge in [0.15, 0.2) is 0 Å². The lowest BCUT2D eigenvalue weighted by Crippen LogP contribution is -2.45. The molecule has 1 amide bonds. The second-order valence-electron chi connectivity index (χ2n) is 22.5. The van der Waals surface area contributed by atoms with Crippen LogP contribution in [0, 0.1) is 0 Å². The van der Waals surface area contributed by atoms with E-state index in [0.717, 1.165) is 51.4 Å². The third kappa shape index (κ3) is 57.6. The quantitative estimate of drug-likeness (QED) is 0.0320. The summed E-state index contributed by atoms with van der Waals surface area (Å²) in [6.07, 6.45) is 76.6. The number of carbonyl (C=O) groups excluding carboxylic acids is 2. The number of hydrogen-bond donors (Lipinski definition) is 3. The topological polar surface area (TPSA) is 95.9 Å². The molecule has 2 unspecified atom stereocenters. The first-order valence-corrected chi connectivity index (χ1v) is 32.6. The van der Waals surface area contributed by atoms with Crippen molar-refractivity contribution in [2.24, 2.45) is 0 Å². The van der Waals surface area contributed by atoms with Crippen molar-refractivity contribution >= 4 is 11.9 Å². The number of unbranched alkanes of at least 4 members (excludes halogenated alkanes) is 48. The highest BCUT2D eigenvalue weighted by atomic mass is 16.5. The second kappa shape index (κ2) is 61.9. The number of hydrogen-bond acceptors (Lipinski definition) is 5. The standard InChI is InChI=1S/C66H127NO5/c1-3-5-7-9-11-13-15-17-18-19-20-21-22-23-24-26-29-32-35-38-42-46-50-54-58-64(69)63(62-68)67-65(70)59-55-51-47-43-39-36-33-30-27-25-28-31-34-37-41-45-49-53-57-61-72-66(71)60-56-52-48-44-40-16-14-12-10-8-6-4-2/h25,27,54,58,63-64,68-69H,3-24,26,28-53,55-57,59-62H2,1-2H3,(H,67,70)/b27-25-,58-54+. The number of amides is 1. The molecule has 2 atom stereocenters. The fourth-order valence-corrected chi connectivity index (χ4v) is 10.2. The maximum absolute atomic E-state index is 12.5. The zero-order valence-electron chi connectivity index (χ0n) is 48.7. The third-order valence-electron chi connectivity index (χ3n) is 15.2. The van der Waals surface area contributed by atoms with E-state index >= 15 is 0 Å². The minimum absolute atomic E-state index is 0.00453. The van der Waals surface area contributed by atoms with Crippen LogP contribution in [0.1, 0.15) is 361 Å². The van der Waals surface area contributed by atoms with Crippen LogP contribution < -0.4 is 5.32 Å². The number of ether oxygens (including phenoxy) is 1. The molecule has 0 fully saturated rings. The molecule has 0 bridgehead atoms. The fourth-order valence-electron chi connectivity index (χ4n) is 10.2. The monoisotopic (exact) mass is 1010 g/mol. The van der Waals surface area contributed by atoms with Crippen molar-refractivity contribution in [3.8, 4) is 0 Å². The molecule has 0 aliphatic carbocycles. The summed E-state index contributed by atoms with van der Waals surface area (Å²) in [5.41, 5.74) is 0. The summed E-state index contributed by atoms with van der Waals surface area (Å²) in [6.45, 7) is 4.92. The van der Waals surface area contributed by atoms with Gasteiger partial charge in [-0.25, -0.2) is 0 Å². The molecule has 0 aliphatic heterocycles. The van der Waals surface area contributed by atoms with Crippen LogP contribution in [0.5, 0.6) is 0 Å². The van der Waals surface area contributed by atoms with Gasteiger partial charge in [0.1, 0.15) is 0 Å². The van der Waals surface area contributed by atoms with E-state index in [4.69, 9.17) is 4.74 Å². The summed E-state index contributed by atoms with van der Waals surface area (Å²) in [5, 5.41) is 23.2. The van der Waals surface area contributed by atoms with E-state index < -0.39 is 12.1 Å². The lowest BCUT2D eigenvalue weighted by atomic mass is 10.0. The van der Waals surface area contributed by atoms with E-state index in [2.05, 4.69) is 31.3 Å². The molecule has 0 aromatic carbocycles. The highest BCUT2D eigenvalue weighted by Gasteiger charge is 2.18. The van der Waals surface area contributed by atoms with Gasteiger partial charge in [-0.05, 0) is 57.8 Å². The summed E-state index contributed by atoms with van der Waals surface area (Å²) in [7, 11) is 0. The molecular formula is C66H127NO5. The Bertz CT molecular complexity index is 1120. The number of carbonyl (C=O) groups is 2. The van der Waals surface area contributed by atoms with Crippen LogP contribution in [0.3, 0.4) is 0 Å². The Hall–Kier alpha value is -1.66. The van der Waals surface area contributed by atoms with E-state index in [9.17, 15) is 19.8 Å². The molecule has 0 aromatic rings. The average Bonchev–Trinajstić information content (AvgIpc) is 3.38. The summed E-state index contributed by atoms with van der Waals surface area (Å²) >= 11 is 0. The Labute approximate surface area is 450 Å². The van der Waals surface area contributed by atoms with E-state index in [-0.39, 0.29) is 18.5 Å². The van der Waals surface area contributed by atoms with Gasteiger partial charge in [-0.2, -0.15) is 0 Å². The molecule has 0 aliphatic rings. The van der Waals surface area contributed by atoms with Crippen molar-refractivity contribution in [1.29, 1.82) is 0 Å². The van der Waals surface area contributed by atoms with Crippen LogP contribution in [-0.2, 0) is 14.3 Å². The van der Waals surface area contributed by atoms with Crippen molar-refractivity contribution < 1.29 is 24.5 Å². The van der Waals surface area contributed by atoms with Gasteiger partial charge < -0.3 is 20.3 Å². The molecule has 72 heavy (non-hydrogen) atoms. The Morgan fingerprint density at radius 3 is 0.986 bits per heavy atom. The van der Waals surface area contributed by atoms with E-state index in [1.54, 1.807) is 6.08 Å². The normalized spacial score (nSPS) is 12.7. The van der Waals surface area contributed by atoms with Gasteiger partial charge in [-0.3, -0.25) is 9.59 Å². The number of nitrogens with one attached hydrogen (secondary N) is 1. The van der Waals surface area contributed by atoms with Crippen LogP contribution in [0.4, 0.5) is 0 Å². The van der Waals surface area contributed by atoms with Crippen molar-refractivity contribution in [1.82, 2.24) is 5.32 Å². The number of esters is 1. The van der Waals surface area contributed by atoms with E-state index in [0.29, 0.717) is 19.4 Å². The Balaban J connectivity index is 3.47. The van der Waals surface area contributed by atoms with Gasteiger partial charge >= 0.3 is 5.97 Å². The molecule has 0 radical (unpaired) electrons. The highest BCUT2D eigenvalue weighted by Crippen LogP contribution is 2.18. The van der Waals surface area contributed by atoms with Crippen molar-refractivity contribution in [2.75, 3.05) is 13.2 Å². The Morgan fingerprint density at radius 2 is 0.653 bits per heavy atom. The molecule has 0 heterocycles. The third-order valence-corrected chi connectivity index (χ3v) is 15.2. The maximum atomic E-state index is 12.5. The van der Waals surface area contributed by atoms with Gasteiger partial charge in [0, 0.05) is 12.8 Å². The molecule has 0 spiro atoms.